The molecule has 1 fully saturated rings. The fourth-order valence-corrected chi connectivity index (χ4v) is 4.87. The lowest BCUT2D eigenvalue weighted by molar-refractivity contribution is -0.158. The van der Waals surface area contributed by atoms with Crippen molar-refractivity contribution >= 4 is 22.7 Å². The van der Waals surface area contributed by atoms with Crippen LogP contribution in [0, 0.1) is 0 Å². The Bertz CT molecular complexity index is 1170. The van der Waals surface area contributed by atoms with Gasteiger partial charge in [0.15, 0.2) is 0 Å². The molecule has 5 rings (SSSR count). The van der Waals surface area contributed by atoms with Crippen LogP contribution < -0.4 is 0 Å². The third-order valence-electron chi connectivity index (χ3n) is 6.35. The van der Waals surface area contributed by atoms with Crippen LogP contribution >= 0.6 is 0 Å². The first kappa shape index (κ1) is 19.6. The molecule has 2 amide bonds. The quantitative estimate of drug-likeness (QED) is 0.680. The molecule has 7 heteroatoms. The number of carbonyl (C=O) groups excluding carboxylic acids is 2. The second-order valence-electron chi connectivity index (χ2n) is 8.64. The summed E-state index contributed by atoms with van der Waals surface area (Å²) in [6.07, 6.45) is 0.484. The molecule has 2 aliphatic heterocycles. The molecule has 2 aromatic carbocycles. The van der Waals surface area contributed by atoms with Gasteiger partial charge in [0.2, 0.25) is 11.8 Å². The first-order chi connectivity index (χ1) is 14.9. The summed E-state index contributed by atoms with van der Waals surface area (Å²) in [5, 5.41) is 11.2. The smallest absolute Gasteiger partial charge is 0.246 e. The highest BCUT2D eigenvalue weighted by atomic mass is 16.3. The monoisotopic (exact) mass is 418 g/mol. The molecule has 0 radical (unpaired) electrons. The lowest BCUT2D eigenvalue weighted by Crippen LogP contribution is -2.63. The first-order valence-corrected chi connectivity index (χ1v) is 10.6. The Kier molecular flexibility index (Phi) is 4.70. The Morgan fingerprint density at radius 3 is 2.71 bits per heavy atom. The van der Waals surface area contributed by atoms with Crippen molar-refractivity contribution < 1.29 is 14.7 Å². The number of phenols is 1. The molecule has 0 unspecified atom stereocenters. The number of amides is 2. The lowest BCUT2D eigenvalue weighted by Gasteiger charge is -2.47. The predicted molar refractivity (Wildman–Crippen MR) is 118 cm³/mol. The fraction of sp³-hybridized carbons (Fsp3) is 0.333. The van der Waals surface area contributed by atoms with E-state index in [2.05, 4.69) is 11.1 Å². The van der Waals surface area contributed by atoms with Crippen molar-refractivity contribution in [2.24, 2.45) is 0 Å². The number of aromatic nitrogens is 1. The molecule has 2 N–H and O–H groups in total. The molecule has 0 bridgehead atoms. The Labute approximate surface area is 180 Å². The van der Waals surface area contributed by atoms with Gasteiger partial charge < -0.3 is 24.8 Å². The second kappa shape index (κ2) is 7.42. The third-order valence-corrected chi connectivity index (χ3v) is 6.35. The first-order valence-electron chi connectivity index (χ1n) is 10.6. The Morgan fingerprint density at radius 1 is 1.13 bits per heavy atom. The number of hydrogen-bond acceptors (Lipinski definition) is 4. The molecule has 7 nitrogen and oxygen atoms in total. The average Bonchev–Trinajstić information content (AvgIpc) is 3.12. The summed E-state index contributed by atoms with van der Waals surface area (Å²) in [5.74, 6) is 0.0595. The summed E-state index contributed by atoms with van der Waals surface area (Å²) in [7, 11) is 3.92. The molecule has 0 spiro atoms. The lowest BCUT2D eigenvalue weighted by atomic mass is 9.86. The molecule has 2 atom stereocenters. The van der Waals surface area contributed by atoms with Gasteiger partial charge in [-0.25, -0.2) is 0 Å². The van der Waals surface area contributed by atoms with Crippen LogP contribution in [-0.2, 0) is 16.0 Å². The second-order valence-corrected chi connectivity index (χ2v) is 8.64. The van der Waals surface area contributed by atoms with Gasteiger partial charge in [-0.05, 0) is 43.4 Å². The van der Waals surface area contributed by atoms with Crippen molar-refractivity contribution in [1.29, 1.82) is 0 Å². The van der Waals surface area contributed by atoms with Crippen LogP contribution in [0.3, 0.4) is 0 Å². The molecule has 0 saturated carbocycles. The van der Waals surface area contributed by atoms with Gasteiger partial charge in [0.1, 0.15) is 11.8 Å². The summed E-state index contributed by atoms with van der Waals surface area (Å²) < 4.78 is 0. The number of para-hydroxylation sites is 1. The third kappa shape index (κ3) is 3.25. The Morgan fingerprint density at radius 2 is 1.94 bits per heavy atom. The van der Waals surface area contributed by atoms with E-state index in [1.54, 1.807) is 28.0 Å². The van der Waals surface area contributed by atoms with E-state index in [4.69, 9.17) is 0 Å². The van der Waals surface area contributed by atoms with Gasteiger partial charge in [-0.1, -0.05) is 30.3 Å². The SMILES string of the molecule is CN(C)CCN1CC(=O)N2[C@H](c3cccc(O)c3)c3[nH]c4ccccc4c3C[C@@H]2C1=O. The number of fused-ring (bicyclic) bond motifs is 4. The van der Waals surface area contributed by atoms with Crippen LogP contribution in [0.2, 0.25) is 0 Å². The molecule has 0 aliphatic carbocycles. The average molecular weight is 418 g/mol. The van der Waals surface area contributed by atoms with Gasteiger partial charge in [0.25, 0.3) is 0 Å². The van der Waals surface area contributed by atoms with E-state index in [0.717, 1.165) is 27.7 Å². The van der Waals surface area contributed by atoms with E-state index in [-0.39, 0.29) is 24.1 Å². The number of piperazine rings is 1. The van der Waals surface area contributed by atoms with Gasteiger partial charge in [-0.3, -0.25) is 9.59 Å². The van der Waals surface area contributed by atoms with E-state index < -0.39 is 12.1 Å². The van der Waals surface area contributed by atoms with Gasteiger partial charge in [0.05, 0.1) is 12.6 Å². The minimum atomic E-state index is -0.553. The molecule has 2 aliphatic rings. The maximum atomic E-state index is 13.5. The molecule has 3 heterocycles. The standard InChI is InChI=1S/C24H26N4O3/c1-26(2)10-11-27-14-21(30)28-20(24(27)31)13-18-17-8-3-4-9-19(17)25-22(18)23(28)15-6-5-7-16(29)12-15/h3-9,12,20,23,25,29H,10-11,13-14H2,1-2H3/t20-,23-/m1/s1. The number of aromatic amines is 1. The van der Waals surface area contributed by atoms with Crippen LogP contribution in [0.1, 0.15) is 22.9 Å². The minimum Gasteiger partial charge on any atom is -0.508 e. The summed E-state index contributed by atoms with van der Waals surface area (Å²) in [5.41, 5.74) is 3.77. The number of aromatic hydroxyl groups is 1. The van der Waals surface area contributed by atoms with Crippen molar-refractivity contribution in [3.8, 4) is 5.75 Å². The highest BCUT2D eigenvalue weighted by Crippen LogP contribution is 2.42. The van der Waals surface area contributed by atoms with E-state index in [1.165, 1.54) is 0 Å². The Balaban J connectivity index is 1.64. The number of phenolic OH excluding ortho intramolecular Hbond substituents is 1. The Hall–Kier alpha value is -3.32. The number of likely N-dealkylation sites (N-methyl/N-ethyl adjacent to an activating group) is 1. The van der Waals surface area contributed by atoms with Crippen molar-refractivity contribution in [1.82, 2.24) is 19.7 Å². The van der Waals surface area contributed by atoms with Crippen molar-refractivity contribution in [3.63, 3.8) is 0 Å². The summed E-state index contributed by atoms with van der Waals surface area (Å²) >= 11 is 0. The van der Waals surface area contributed by atoms with Gasteiger partial charge in [-0.2, -0.15) is 0 Å². The highest BCUT2D eigenvalue weighted by molar-refractivity contribution is 5.97. The molecule has 1 aromatic heterocycles. The van der Waals surface area contributed by atoms with Crippen molar-refractivity contribution in [2.45, 2.75) is 18.5 Å². The molecule has 160 valence electrons. The molecule has 1 saturated heterocycles. The zero-order valence-corrected chi connectivity index (χ0v) is 17.7. The minimum absolute atomic E-state index is 0.0115. The van der Waals surface area contributed by atoms with Crippen LogP contribution in [0.15, 0.2) is 48.5 Å². The van der Waals surface area contributed by atoms with E-state index >= 15 is 0 Å². The molecule has 3 aromatic rings. The van der Waals surface area contributed by atoms with E-state index in [9.17, 15) is 14.7 Å². The normalized spacial score (nSPS) is 21.0. The summed E-state index contributed by atoms with van der Waals surface area (Å²) in [6.45, 7) is 1.31. The van der Waals surface area contributed by atoms with E-state index in [1.807, 2.05) is 43.3 Å². The number of carbonyl (C=O) groups is 2. The van der Waals surface area contributed by atoms with Crippen LogP contribution in [0.25, 0.3) is 10.9 Å². The van der Waals surface area contributed by atoms with Gasteiger partial charge in [-0.15, -0.1) is 0 Å². The maximum Gasteiger partial charge on any atom is 0.246 e. The van der Waals surface area contributed by atoms with E-state index in [0.29, 0.717) is 19.5 Å². The molecule has 31 heavy (non-hydrogen) atoms. The van der Waals surface area contributed by atoms with Crippen LogP contribution in [0.4, 0.5) is 0 Å². The number of nitrogens with one attached hydrogen (secondary N) is 1. The van der Waals surface area contributed by atoms with Crippen molar-refractivity contribution in [2.75, 3.05) is 33.7 Å². The number of nitrogens with zero attached hydrogens (tertiary/aromatic N) is 3. The van der Waals surface area contributed by atoms with Crippen LogP contribution in [-0.4, -0.2) is 76.4 Å². The van der Waals surface area contributed by atoms with Gasteiger partial charge >= 0.3 is 0 Å². The maximum absolute atomic E-state index is 13.5. The zero-order chi connectivity index (χ0) is 21.7. The largest absolute Gasteiger partial charge is 0.508 e. The molecular formula is C24H26N4O3. The van der Waals surface area contributed by atoms with Gasteiger partial charge in [0, 0.05) is 36.1 Å². The number of H-pyrrole nitrogens is 1. The topological polar surface area (TPSA) is 79.9 Å². The molecular weight excluding hydrogens is 392 g/mol. The highest BCUT2D eigenvalue weighted by Gasteiger charge is 2.48. The predicted octanol–water partition coefficient (Wildman–Crippen LogP) is 2.12. The summed E-state index contributed by atoms with van der Waals surface area (Å²) in [6, 6.07) is 14.0. The number of hydrogen-bond donors (Lipinski definition) is 2. The van der Waals surface area contributed by atoms with Crippen molar-refractivity contribution in [3.05, 3.63) is 65.4 Å². The number of benzene rings is 2. The van der Waals surface area contributed by atoms with Crippen LogP contribution in [0.5, 0.6) is 5.75 Å². The zero-order valence-electron chi connectivity index (χ0n) is 17.7. The fourth-order valence-electron chi connectivity index (χ4n) is 4.87. The number of rotatable bonds is 4. The summed E-state index contributed by atoms with van der Waals surface area (Å²) in [4.78, 5) is 35.8.